The van der Waals surface area contributed by atoms with E-state index >= 15 is 0 Å². The minimum atomic E-state index is -0.364. The molecule has 2 N–H and O–H groups in total. The van der Waals surface area contributed by atoms with Crippen molar-refractivity contribution < 1.29 is 33.3 Å². The highest BCUT2D eigenvalue weighted by atomic mass is 16.6. The number of amides is 2. The Morgan fingerprint density at radius 1 is 0.889 bits per heavy atom. The van der Waals surface area contributed by atoms with Gasteiger partial charge in [0.2, 0.25) is 0 Å². The first-order valence-electron chi connectivity index (χ1n) is 11.4. The third-order valence-electron chi connectivity index (χ3n) is 5.58. The van der Waals surface area contributed by atoms with Gasteiger partial charge in [-0.05, 0) is 55.0 Å². The SMILES string of the molecule is COc1ccccc1NC(=O)COc1ccc(C(=O)NC(C)c2ccc3c(c2)OCCO3)cc1OC. The topological polar surface area (TPSA) is 104 Å². The van der Waals surface area contributed by atoms with Crippen LogP contribution in [0, 0.1) is 0 Å². The maximum atomic E-state index is 12.9. The van der Waals surface area contributed by atoms with Crippen LogP contribution in [0.3, 0.4) is 0 Å². The van der Waals surface area contributed by atoms with Gasteiger partial charge < -0.3 is 34.3 Å². The number of rotatable bonds is 9. The number of anilines is 1. The molecule has 0 saturated heterocycles. The van der Waals surface area contributed by atoms with Crippen LogP contribution >= 0.6 is 0 Å². The Morgan fingerprint density at radius 2 is 1.64 bits per heavy atom. The highest BCUT2D eigenvalue weighted by molar-refractivity contribution is 5.95. The van der Waals surface area contributed by atoms with Crippen molar-refractivity contribution in [3.63, 3.8) is 0 Å². The number of fused-ring (bicyclic) bond motifs is 1. The number of ether oxygens (including phenoxy) is 5. The summed E-state index contributed by atoms with van der Waals surface area (Å²) in [5.74, 6) is 1.93. The Labute approximate surface area is 209 Å². The van der Waals surface area contributed by atoms with Crippen LogP contribution in [0.4, 0.5) is 5.69 Å². The Bertz CT molecular complexity index is 1240. The molecule has 0 fully saturated rings. The number of para-hydroxylation sites is 2. The maximum absolute atomic E-state index is 12.9. The number of benzene rings is 3. The standard InChI is InChI=1S/C27H28N2O7/c1-17(18-8-10-23-25(14-18)35-13-12-34-23)28-27(31)19-9-11-22(24(15-19)33-3)36-16-26(30)29-20-6-4-5-7-21(20)32-2/h4-11,14-15,17H,12-13,16H2,1-3H3,(H,28,31)(H,29,30). The van der Waals surface area contributed by atoms with Crippen LogP contribution in [0.1, 0.15) is 28.9 Å². The summed E-state index contributed by atoms with van der Waals surface area (Å²) in [6.45, 7) is 2.65. The molecule has 3 aromatic rings. The number of hydrogen-bond donors (Lipinski definition) is 2. The molecule has 1 heterocycles. The number of nitrogens with one attached hydrogen (secondary N) is 2. The lowest BCUT2D eigenvalue weighted by molar-refractivity contribution is -0.118. The van der Waals surface area contributed by atoms with Crippen molar-refractivity contribution >= 4 is 17.5 Å². The van der Waals surface area contributed by atoms with Gasteiger partial charge in [-0.2, -0.15) is 0 Å². The van der Waals surface area contributed by atoms with Crippen molar-refractivity contribution in [2.45, 2.75) is 13.0 Å². The molecule has 2 amide bonds. The molecule has 1 aliphatic heterocycles. The van der Waals surface area contributed by atoms with Crippen molar-refractivity contribution in [1.82, 2.24) is 5.32 Å². The first-order chi connectivity index (χ1) is 17.5. The molecule has 1 aliphatic rings. The van der Waals surface area contributed by atoms with Gasteiger partial charge >= 0.3 is 0 Å². The molecule has 9 heteroatoms. The van der Waals surface area contributed by atoms with E-state index in [9.17, 15) is 9.59 Å². The second-order valence-corrected chi connectivity index (χ2v) is 8.00. The lowest BCUT2D eigenvalue weighted by Crippen LogP contribution is -2.27. The fourth-order valence-electron chi connectivity index (χ4n) is 3.70. The largest absolute Gasteiger partial charge is 0.495 e. The van der Waals surface area contributed by atoms with E-state index in [4.69, 9.17) is 23.7 Å². The lowest BCUT2D eigenvalue weighted by atomic mass is 10.1. The first-order valence-corrected chi connectivity index (χ1v) is 11.4. The highest BCUT2D eigenvalue weighted by Gasteiger charge is 2.18. The van der Waals surface area contributed by atoms with Crippen LogP contribution in [0.15, 0.2) is 60.7 Å². The van der Waals surface area contributed by atoms with Crippen molar-refractivity contribution in [2.75, 3.05) is 39.4 Å². The monoisotopic (exact) mass is 492 g/mol. The molecule has 0 radical (unpaired) electrons. The maximum Gasteiger partial charge on any atom is 0.262 e. The average molecular weight is 493 g/mol. The van der Waals surface area contributed by atoms with Gasteiger partial charge in [-0.25, -0.2) is 0 Å². The molecule has 9 nitrogen and oxygen atoms in total. The molecule has 0 aliphatic carbocycles. The number of carbonyl (C=O) groups excluding carboxylic acids is 2. The molecule has 36 heavy (non-hydrogen) atoms. The summed E-state index contributed by atoms with van der Waals surface area (Å²) in [7, 11) is 3.00. The van der Waals surface area contributed by atoms with E-state index in [-0.39, 0.29) is 24.5 Å². The van der Waals surface area contributed by atoms with Gasteiger partial charge in [-0.1, -0.05) is 18.2 Å². The quantitative estimate of drug-likeness (QED) is 0.466. The Balaban J connectivity index is 1.37. The predicted octanol–water partition coefficient (Wildman–Crippen LogP) is 3.98. The molecule has 0 bridgehead atoms. The normalized spacial score (nSPS) is 12.8. The smallest absolute Gasteiger partial charge is 0.262 e. The van der Waals surface area contributed by atoms with Crippen LogP contribution in [-0.2, 0) is 4.79 Å². The number of carbonyl (C=O) groups is 2. The molecule has 0 aromatic heterocycles. The van der Waals surface area contributed by atoms with Crippen molar-refractivity contribution in [3.8, 4) is 28.7 Å². The summed E-state index contributed by atoms with van der Waals surface area (Å²) in [6, 6.07) is 17.2. The van der Waals surface area contributed by atoms with E-state index in [0.29, 0.717) is 53.2 Å². The third kappa shape index (κ3) is 5.80. The molecule has 4 rings (SSSR count). The second kappa shape index (κ2) is 11.4. The Kier molecular flexibility index (Phi) is 7.79. The van der Waals surface area contributed by atoms with E-state index in [0.717, 1.165) is 5.56 Å². The molecular weight excluding hydrogens is 464 g/mol. The third-order valence-corrected chi connectivity index (χ3v) is 5.58. The number of hydrogen-bond acceptors (Lipinski definition) is 7. The van der Waals surface area contributed by atoms with E-state index < -0.39 is 0 Å². The van der Waals surface area contributed by atoms with Gasteiger partial charge in [0.15, 0.2) is 29.6 Å². The van der Waals surface area contributed by atoms with E-state index in [1.807, 2.05) is 31.2 Å². The second-order valence-electron chi connectivity index (χ2n) is 8.00. The zero-order chi connectivity index (χ0) is 25.5. The zero-order valence-corrected chi connectivity index (χ0v) is 20.3. The molecule has 0 spiro atoms. The summed E-state index contributed by atoms with van der Waals surface area (Å²) in [6.07, 6.45) is 0. The first kappa shape index (κ1) is 24.7. The minimum Gasteiger partial charge on any atom is -0.495 e. The van der Waals surface area contributed by atoms with E-state index in [1.54, 1.807) is 36.4 Å². The van der Waals surface area contributed by atoms with Gasteiger partial charge in [0.1, 0.15) is 19.0 Å². The van der Waals surface area contributed by atoms with Gasteiger partial charge in [-0.3, -0.25) is 9.59 Å². The summed E-state index contributed by atoms with van der Waals surface area (Å²) >= 11 is 0. The Morgan fingerprint density at radius 3 is 2.42 bits per heavy atom. The molecule has 188 valence electrons. The summed E-state index contributed by atoms with van der Waals surface area (Å²) in [5.41, 5.74) is 1.82. The molecule has 3 aromatic carbocycles. The predicted molar refractivity (Wildman–Crippen MR) is 133 cm³/mol. The van der Waals surface area contributed by atoms with Gasteiger partial charge in [-0.15, -0.1) is 0 Å². The number of methoxy groups -OCH3 is 2. The van der Waals surface area contributed by atoms with Crippen molar-refractivity contribution in [2.24, 2.45) is 0 Å². The molecule has 1 unspecified atom stereocenters. The van der Waals surface area contributed by atoms with Gasteiger partial charge in [0.25, 0.3) is 11.8 Å². The van der Waals surface area contributed by atoms with Crippen LogP contribution in [-0.4, -0.2) is 45.9 Å². The Hall–Kier alpha value is -4.40. The molecule has 1 atom stereocenters. The lowest BCUT2D eigenvalue weighted by Gasteiger charge is -2.21. The van der Waals surface area contributed by atoms with E-state index in [1.165, 1.54) is 14.2 Å². The highest BCUT2D eigenvalue weighted by Crippen LogP contribution is 2.33. The van der Waals surface area contributed by atoms with Crippen LogP contribution in [0.2, 0.25) is 0 Å². The van der Waals surface area contributed by atoms with Gasteiger partial charge in [0.05, 0.1) is 25.9 Å². The van der Waals surface area contributed by atoms with Crippen molar-refractivity contribution in [1.29, 1.82) is 0 Å². The minimum absolute atomic E-state index is 0.249. The molecule has 0 saturated carbocycles. The van der Waals surface area contributed by atoms with Crippen molar-refractivity contribution in [3.05, 3.63) is 71.8 Å². The van der Waals surface area contributed by atoms with E-state index in [2.05, 4.69) is 10.6 Å². The van der Waals surface area contributed by atoms with Gasteiger partial charge in [0, 0.05) is 5.56 Å². The fraction of sp³-hybridized carbons (Fsp3) is 0.259. The summed E-state index contributed by atoms with van der Waals surface area (Å²) in [4.78, 5) is 25.2. The molecular formula is C27H28N2O7. The van der Waals surface area contributed by atoms with Crippen LogP contribution in [0.25, 0.3) is 0 Å². The average Bonchev–Trinajstić information content (AvgIpc) is 2.91. The van der Waals surface area contributed by atoms with Crippen LogP contribution < -0.4 is 34.3 Å². The van der Waals surface area contributed by atoms with Crippen LogP contribution in [0.5, 0.6) is 28.7 Å². The fourth-order valence-corrected chi connectivity index (χ4v) is 3.70. The summed E-state index contributed by atoms with van der Waals surface area (Å²) < 4.78 is 27.4. The summed E-state index contributed by atoms with van der Waals surface area (Å²) in [5, 5.41) is 5.71. The zero-order valence-electron chi connectivity index (χ0n) is 20.3.